The van der Waals surface area contributed by atoms with Crippen molar-refractivity contribution in [1.82, 2.24) is 27.8 Å². The second-order valence-corrected chi connectivity index (χ2v) is 23.7. The number of aryl methyl sites for hydroxylation is 2. The molecule has 85 heavy (non-hydrogen) atoms. The van der Waals surface area contributed by atoms with Crippen LogP contribution in [0.5, 0.6) is 23.0 Å². The molecule has 0 spiro atoms. The maximum atomic E-state index is 5.84. The van der Waals surface area contributed by atoms with Crippen molar-refractivity contribution in [2.75, 3.05) is 38.2 Å². The highest BCUT2D eigenvalue weighted by atomic mass is 32.1. The number of hydrogen-bond acceptors (Lipinski definition) is 13. The molecule has 0 aliphatic rings. The molecular formula is C70H50N8O4S3. The molecule has 6 heterocycles. The van der Waals surface area contributed by atoms with Crippen molar-refractivity contribution in [1.29, 1.82) is 0 Å². The molecule has 412 valence electrons. The van der Waals surface area contributed by atoms with E-state index < -0.39 is 0 Å². The van der Waals surface area contributed by atoms with Crippen molar-refractivity contribution in [3.05, 3.63) is 194 Å². The van der Waals surface area contributed by atoms with Gasteiger partial charge in [0.25, 0.3) is 0 Å². The van der Waals surface area contributed by atoms with Gasteiger partial charge >= 0.3 is 0 Å². The molecule has 6 aromatic heterocycles. The molecule has 12 nitrogen and oxygen atoms in total. The van der Waals surface area contributed by atoms with E-state index >= 15 is 0 Å². The first kappa shape index (κ1) is 50.6. The number of methoxy groups -OCH3 is 4. The zero-order chi connectivity index (χ0) is 57.2. The van der Waals surface area contributed by atoms with E-state index in [1.165, 1.54) is 21.1 Å². The van der Waals surface area contributed by atoms with Crippen molar-refractivity contribution in [3.8, 4) is 43.9 Å². The summed E-state index contributed by atoms with van der Waals surface area (Å²) in [5.74, 6) is 3.19. The summed E-state index contributed by atoms with van der Waals surface area (Å²) in [5, 5.41) is 6.69. The number of fused-ring (bicyclic) bond motifs is 14. The van der Waals surface area contributed by atoms with Crippen LogP contribution in [-0.2, 0) is 14.1 Å². The number of anilines is 6. The standard InChI is InChI=1S/C70H50N8O4S3/c1-75-55-35-43(77(39-15-25-45(79-3)26-16-39)40-17-27-46(80-4)28-18-40)23-33-53(55)69-57(75)37-59(83-69)61-65-66(72-64-52-14-10-8-12-50(52)49-11-7-9-13-51(49)63(64)71-65)62(68-67(61)73-85-74-68)60-38-58-70(84-60)54-34-24-44(36-56(54)76(58)2)78(41-19-29-47(81-5)30-20-41)42-21-31-48(82-6)32-22-42/h7-38H,1-6H3. The van der Waals surface area contributed by atoms with Gasteiger partial charge in [0, 0.05) is 90.6 Å². The first-order valence-corrected chi connectivity index (χ1v) is 30.0. The molecule has 0 aliphatic heterocycles. The number of ether oxygens (including phenoxy) is 4. The summed E-state index contributed by atoms with van der Waals surface area (Å²) in [6.07, 6.45) is 0. The Kier molecular flexibility index (Phi) is 11.8. The van der Waals surface area contributed by atoms with Gasteiger partial charge < -0.3 is 37.9 Å². The second kappa shape index (κ2) is 19.8. The van der Waals surface area contributed by atoms with Crippen LogP contribution in [0.1, 0.15) is 0 Å². The highest BCUT2D eigenvalue weighted by molar-refractivity contribution is 7.24. The molecule has 0 saturated heterocycles. The maximum absolute atomic E-state index is 5.84. The Morgan fingerprint density at radius 1 is 0.329 bits per heavy atom. The van der Waals surface area contributed by atoms with Gasteiger partial charge in [-0.15, -0.1) is 22.7 Å². The summed E-state index contributed by atoms with van der Waals surface area (Å²) in [7, 11) is 11.1. The predicted octanol–water partition coefficient (Wildman–Crippen LogP) is 18.8. The van der Waals surface area contributed by atoms with Crippen LogP contribution >= 0.6 is 34.4 Å². The second-order valence-electron chi connectivity index (χ2n) is 21.1. The fraction of sp³-hybridized carbons (Fsp3) is 0.0857. The van der Waals surface area contributed by atoms with E-state index in [1.807, 2.05) is 48.5 Å². The average Bonchev–Trinajstić information content (AvgIpc) is 3.91. The fourth-order valence-electron chi connectivity index (χ4n) is 12.4. The molecule has 0 amide bonds. The molecule has 16 aromatic rings. The lowest BCUT2D eigenvalue weighted by Gasteiger charge is -2.26. The van der Waals surface area contributed by atoms with Gasteiger partial charge in [-0.1, -0.05) is 48.5 Å². The van der Waals surface area contributed by atoms with Gasteiger partial charge in [0.05, 0.1) is 82.7 Å². The van der Waals surface area contributed by atoms with Crippen molar-refractivity contribution in [3.63, 3.8) is 0 Å². The van der Waals surface area contributed by atoms with E-state index in [-0.39, 0.29) is 0 Å². The molecule has 0 unspecified atom stereocenters. The number of thiophene rings is 2. The van der Waals surface area contributed by atoms with Crippen molar-refractivity contribution in [2.45, 2.75) is 0 Å². The Morgan fingerprint density at radius 2 is 0.659 bits per heavy atom. The van der Waals surface area contributed by atoms with E-state index in [0.29, 0.717) is 0 Å². The Morgan fingerprint density at radius 3 is 1.00 bits per heavy atom. The number of nitrogens with zero attached hydrogens (tertiary/aromatic N) is 8. The molecule has 0 N–H and O–H groups in total. The smallest absolute Gasteiger partial charge is 0.119 e. The van der Waals surface area contributed by atoms with Crippen molar-refractivity contribution < 1.29 is 18.9 Å². The molecule has 0 aliphatic carbocycles. The topological polar surface area (TPSA) is 105 Å². The van der Waals surface area contributed by atoms with E-state index in [2.05, 4.69) is 179 Å². The SMILES string of the molecule is COc1ccc(N(c2ccc(OC)cc2)c2ccc3c4sc(-c5c6nsnc6c(-c6cc7c(s6)c6ccc(N(c8ccc(OC)cc8)c8ccc(OC)cc8)cc6n7C)c6nc7c8ccccc8c8ccccc8c7nc56)cc4n(C)c3c2)cc1. The Hall–Kier alpha value is -10.1. The lowest BCUT2D eigenvalue weighted by Crippen LogP contribution is -2.10. The Bertz CT molecular complexity index is 4910. The largest absolute Gasteiger partial charge is 0.497 e. The molecule has 0 atom stereocenters. The van der Waals surface area contributed by atoms with E-state index in [4.69, 9.17) is 37.7 Å². The molecule has 0 bridgehead atoms. The van der Waals surface area contributed by atoms with Crippen LogP contribution < -0.4 is 28.7 Å². The van der Waals surface area contributed by atoms with Crippen molar-refractivity contribution in [2.24, 2.45) is 14.1 Å². The van der Waals surface area contributed by atoms with Gasteiger partial charge in [0.2, 0.25) is 0 Å². The number of hydrogen-bond donors (Lipinski definition) is 0. The third-order valence-electron chi connectivity index (χ3n) is 16.6. The summed E-state index contributed by atoms with van der Waals surface area (Å²) >= 11 is 4.77. The van der Waals surface area contributed by atoms with Crippen LogP contribution in [0.15, 0.2) is 194 Å². The monoisotopic (exact) mass is 1160 g/mol. The molecule has 15 heteroatoms. The molecule has 0 radical (unpaired) electrons. The predicted molar refractivity (Wildman–Crippen MR) is 353 cm³/mol. The van der Waals surface area contributed by atoms with Crippen LogP contribution in [-0.4, -0.2) is 56.3 Å². The van der Waals surface area contributed by atoms with Crippen LogP contribution in [0.25, 0.3) is 118 Å². The highest BCUT2D eigenvalue weighted by Crippen LogP contribution is 2.51. The summed E-state index contributed by atoms with van der Waals surface area (Å²) in [6.45, 7) is 0. The lowest BCUT2D eigenvalue weighted by molar-refractivity contribution is 0.414. The Labute approximate surface area is 499 Å². The molecule has 0 saturated carbocycles. The van der Waals surface area contributed by atoms with Gasteiger partial charge in [-0.3, -0.25) is 0 Å². The third-order valence-corrected chi connectivity index (χ3v) is 19.5. The number of rotatable bonds is 12. The highest BCUT2D eigenvalue weighted by Gasteiger charge is 2.29. The zero-order valence-corrected chi connectivity index (χ0v) is 49.4. The van der Waals surface area contributed by atoms with E-state index in [1.54, 1.807) is 51.1 Å². The Balaban J connectivity index is 0.883. The van der Waals surface area contributed by atoms with Crippen LogP contribution in [0, 0.1) is 0 Å². The molecule has 10 aromatic carbocycles. The third kappa shape index (κ3) is 7.91. The maximum Gasteiger partial charge on any atom is 0.119 e. The summed E-state index contributed by atoms with van der Waals surface area (Å²) in [6, 6.07) is 67.9. The van der Waals surface area contributed by atoms with Gasteiger partial charge in [-0.2, -0.15) is 8.75 Å². The fourth-order valence-corrected chi connectivity index (χ4v) is 15.5. The first-order valence-electron chi connectivity index (χ1n) is 27.7. The van der Waals surface area contributed by atoms with Gasteiger partial charge in [-0.05, 0) is 156 Å². The number of benzene rings is 10. The molecule has 16 rings (SSSR count). The summed E-state index contributed by atoms with van der Waals surface area (Å²) in [5.41, 5.74) is 17.3. The van der Waals surface area contributed by atoms with E-state index in [0.717, 1.165) is 165 Å². The quantitative estimate of drug-likeness (QED) is 0.0867. The van der Waals surface area contributed by atoms with E-state index in [9.17, 15) is 0 Å². The van der Waals surface area contributed by atoms with Gasteiger partial charge in [0.15, 0.2) is 0 Å². The summed E-state index contributed by atoms with van der Waals surface area (Å²) in [4.78, 5) is 18.3. The zero-order valence-electron chi connectivity index (χ0n) is 46.9. The lowest BCUT2D eigenvalue weighted by atomic mass is 9.98. The normalized spacial score (nSPS) is 11.9. The summed E-state index contributed by atoms with van der Waals surface area (Å²) < 4.78 is 39.6. The average molecular weight is 1160 g/mol. The van der Waals surface area contributed by atoms with Crippen LogP contribution in [0.3, 0.4) is 0 Å². The molecule has 0 fully saturated rings. The minimum atomic E-state index is 0.792. The van der Waals surface area contributed by atoms with Crippen LogP contribution in [0.4, 0.5) is 34.1 Å². The van der Waals surface area contributed by atoms with Gasteiger partial charge in [-0.25, -0.2) is 9.97 Å². The minimum Gasteiger partial charge on any atom is -0.497 e. The molecular weight excluding hydrogens is 1110 g/mol. The van der Waals surface area contributed by atoms with Crippen LogP contribution in [0.2, 0.25) is 0 Å². The first-order chi connectivity index (χ1) is 41.8. The van der Waals surface area contributed by atoms with Crippen molar-refractivity contribution >= 4 is 165 Å². The van der Waals surface area contributed by atoms with Gasteiger partial charge in [0.1, 0.15) is 45.1 Å². The minimum absolute atomic E-state index is 0.792. The number of aromatic nitrogens is 6.